The molecule has 0 radical (unpaired) electrons. The van der Waals surface area contributed by atoms with Gasteiger partial charge in [0.1, 0.15) is 15.9 Å². The van der Waals surface area contributed by atoms with E-state index in [1.807, 2.05) is 17.5 Å². The summed E-state index contributed by atoms with van der Waals surface area (Å²) in [6.07, 6.45) is 5.41. The zero-order valence-electron chi connectivity index (χ0n) is 11.1. The molecule has 1 aliphatic rings. The van der Waals surface area contributed by atoms with E-state index in [9.17, 15) is 9.90 Å². The normalized spacial score (nSPS) is 19.5. The van der Waals surface area contributed by atoms with Crippen LogP contribution in [0.3, 0.4) is 0 Å². The van der Waals surface area contributed by atoms with Gasteiger partial charge in [0.15, 0.2) is 0 Å². The molecule has 0 saturated carbocycles. The lowest BCUT2D eigenvalue weighted by molar-refractivity contribution is 0.103. The number of amides is 1. The number of nitrogens with zero attached hydrogens (tertiary/aromatic N) is 4. The Morgan fingerprint density at radius 1 is 1.50 bits per heavy atom. The Kier molecular flexibility index (Phi) is 3.37. The summed E-state index contributed by atoms with van der Waals surface area (Å²) in [5.41, 5.74) is 1.77. The van der Waals surface area contributed by atoms with E-state index in [1.54, 1.807) is 6.20 Å². The molecule has 1 saturated heterocycles. The fourth-order valence-electron chi connectivity index (χ4n) is 2.83. The number of imidazole rings is 1. The lowest BCUT2D eigenvalue weighted by Gasteiger charge is -2.32. The number of carbonyl (C=O) groups is 1. The second-order valence-corrected chi connectivity index (χ2v) is 5.73. The smallest absolute Gasteiger partial charge is 0.407 e. The molecule has 1 atom stereocenters. The first-order valence-corrected chi connectivity index (χ1v) is 7.37. The Balaban J connectivity index is 2.14. The standard InChI is InChI=1S/C13H15BrN4O2/c1-8-10-11(14)16-12(18(10)7-5-15-8)9-4-2-3-6-17(9)13(19)20/h5,7,9H,2-4,6H2,1H3,(H,19,20). The van der Waals surface area contributed by atoms with Crippen molar-refractivity contribution in [1.82, 2.24) is 19.3 Å². The highest BCUT2D eigenvalue weighted by Gasteiger charge is 2.31. The molecule has 7 heteroatoms. The predicted octanol–water partition coefficient (Wildman–Crippen LogP) is 3.01. The van der Waals surface area contributed by atoms with Crippen LogP contribution in [0.25, 0.3) is 5.52 Å². The van der Waals surface area contributed by atoms with Crippen LogP contribution in [0, 0.1) is 6.92 Å². The van der Waals surface area contributed by atoms with Crippen molar-refractivity contribution in [3.05, 3.63) is 28.5 Å². The van der Waals surface area contributed by atoms with E-state index in [0.717, 1.165) is 36.3 Å². The minimum Gasteiger partial charge on any atom is -0.465 e. The van der Waals surface area contributed by atoms with Crippen LogP contribution in [0.5, 0.6) is 0 Å². The minimum absolute atomic E-state index is 0.193. The average molecular weight is 339 g/mol. The van der Waals surface area contributed by atoms with Crippen molar-refractivity contribution in [3.63, 3.8) is 0 Å². The maximum absolute atomic E-state index is 11.4. The van der Waals surface area contributed by atoms with Crippen molar-refractivity contribution in [1.29, 1.82) is 0 Å². The molecule has 1 unspecified atom stereocenters. The van der Waals surface area contributed by atoms with Gasteiger partial charge in [-0.25, -0.2) is 9.78 Å². The van der Waals surface area contributed by atoms with Crippen molar-refractivity contribution < 1.29 is 9.90 Å². The third kappa shape index (κ3) is 2.06. The molecule has 0 bridgehead atoms. The van der Waals surface area contributed by atoms with Crippen LogP contribution < -0.4 is 0 Å². The molecule has 0 aromatic carbocycles. The Morgan fingerprint density at radius 2 is 2.30 bits per heavy atom. The number of halogens is 1. The highest BCUT2D eigenvalue weighted by Crippen LogP contribution is 2.33. The Hall–Kier alpha value is -1.63. The van der Waals surface area contributed by atoms with Crippen LogP contribution in [-0.4, -0.2) is 37.0 Å². The molecule has 20 heavy (non-hydrogen) atoms. The van der Waals surface area contributed by atoms with Crippen molar-refractivity contribution in [2.24, 2.45) is 0 Å². The number of aryl methyl sites for hydroxylation is 1. The maximum Gasteiger partial charge on any atom is 0.407 e. The van der Waals surface area contributed by atoms with Crippen LogP contribution in [0.1, 0.15) is 36.8 Å². The average Bonchev–Trinajstić information content (AvgIpc) is 2.77. The second-order valence-electron chi connectivity index (χ2n) is 4.98. The van der Waals surface area contributed by atoms with E-state index in [2.05, 4.69) is 25.9 Å². The Bertz CT molecular complexity index is 670. The van der Waals surface area contributed by atoms with Gasteiger partial charge in [0.05, 0.1) is 11.7 Å². The molecule has 2 aromatic rings. The van der Waals surface area contributed by atoms with E-state index >= 15 is 0 Å². The number of rotatable bonds is 1. The van der Waals surface area contributed by atoms with Crippen LogP contribution in [-0.2, 0) is 0 Å². The molecule has 3 rings (SSSR count). The number of aromatic nitrogens is 3. The first kappa shape index (κ1) is 13.4. The molecule has 1 N–H and O–H groups in total. The summed E-state index contributed by atoms with van der Waals surface area (Å²) in [5.74, 6) is 0.763. The lowest BCUT2D eigenvalue weighted by atomic mass is 10.0. The van der Waals surface area contributed by atoms with Gasteiger partial charge in [-0.3, -0.25) is 14.3 Å². The summed E-state index contributed by atoms with van der Waals surface area (Å²) in [6.45, 7) is 2.48. The fourth-order valence-corrected chi connectivity index (χ4v) is 3.49. The van der Waals surface area contributed by atoms with Crippen molar-refractivity contribution in [2.45, 2.75) is 32.2 Å². The molecular weight excluding hydrogens is 324 g/mol. The lowest BCUT2D eigenvalue weighted by Crippen LogP contribution is -2.38. The number of fused-ring (bicyclic) bond motifs is 1. The van der Waals surface area contributed by atoms with Gasteiger partial charge in [0.25, 0.3) is 0 Å². The number of likely N-dealkylation sites (tertiary alicyclic amines) is 1. The van der Waals surface area contributed by atoms with Gasteiger partial charge >= 0.3 is 6.09 Å². The van der Waals surface area contributed by atoms with Gasteiger partial charge in [0.2, 0.25) is 0 Å². The molecule has 1 aliphatic heterocycles. The fraction of sp³-hybridized carbons (Fsp3) is 0.462. The first-order chi connectivity index (χ1) is 9.59. The van der Waals surface area contributed by atoms with Gasteiger partial charge in [-0.1, -0.05) is 0 Å². The first-order valence-electron chi connectivity index (χ1n) is 6.58. The third-order valence-electron chi connectivity index (χ3n) is 3.77. The summed E-state index contributed by atoms with van der Waals surface area (Å²) in [4.78, 5) is 21.7. The van der Waals surface area contributed by atoms with Crippen LogP contribution in [0.15, 0.2) is 17.0 Å². The van der Waals surface area contributed by atoms with Gasteiger partial charge in [-0.15, -0.1) is 0 Å². The monoisotopic (exact) mass is 338 g/mol. The summed E-state index contributed by atoms with van der Waals surface area (Å²) in [6, 6.07) is -0.193. The second kappa shape index (κ2) is 5.05. The van der Waals surface area contributed by atoms with E-state index in [4.69, 9.17) is 0 Å². The largest absolute Gasteiger partial charge is 0.465 e. The summed E-state index contributed by atoms with van der Waals surface area (Å²) < 4.78 is 2.66. The van der Waals surface area contributed by atoms with E-state index in [0.29, 0.717) is 11.1 Å². The predicted molar refractivity (Wildman–Crippen MR) is 76.7 cm³/mol. The third-order valence-corrected chi connectivity index (χ3v) is 4.32. The zero-order chi connectivity index (χ0) is 14.3. The molecule has 1 fully saturated rings. The van der Waals surface area contributed by atoms with E-state index < -0.39 is 6.09 Å². The van der Waals surface area contributed by atoms with Gasteiger partial charge in [-0.2, -0.15) is 0 Å². The number of piperidine rings is 1. The molecule has 2 aromatic heterocycles. The summed E-state index contributed by atoms with van der Waals surface area (Å²) in [5, 5.41) is 9.37. The van der Waals surface area contributed by atoms with Gasteiger partial charge in [-0.05, 0) is 42.1 Å². The molecule has 1 amide bonds. The summed E-state index contributed by atoms with van der Waals surface area (Å²) >= 11 is 3.45. The zero-order valence-corrected chi connectivity index (χ0v) is 12.7. The molecule has 0 spiro atoms. The minimum atomic E-state index is -0.881. The number of hydrogen-bond acceptors (Lipinski definition) is 3. The molecule has 3 heterocycles. The molecule has 106 valence electrons. The maximum atomic E-state index is 11.4. The van der Waals surface area contributed by atoms with Crippen LogP contribution in [0.4, 0.5) is 4.79 Å². The summed E-state index contributed by atoms with van der Waals surface area (Å²) in [7, 11) is 0. The number of carboxylic acid groups (broad SMARTS) is 1. The van der Waals surface area contributed by atoms with E-state index in [-0.39, 0.29) is 6.04 Å². The molecule has 6 nitrogen and oxygen atoms in total. The Morgan fingerprint density at radius 3 is 3.05 bits per heavy atom. The van der Waals surface area contributed by atoms with E-state index in [1.165, 1.54) is 4.90 Å². The highest BCUT2D eigenvalue weighted by atomic mass is 79.9. The Labute approximate surface area is 124 Å². The van der Waals surface area contributed by atoms with Crippen LogP contribution >= 0.6 is 15.9 Å². The SMILES string of the molecule is Cc1nccn2c(C3CCCCN3C(=O)O)nc(Br)c12. The van der Waals surface area contributed by atoms with Gasteiger partial charge < -0.3 is 5.11 Å². The van der Waals surface area contributed by atoms with Crippen LogP contribution in [0.2, 0.25) is 0 Å². The van der Waals surface area contributed by atoms with Crippen molar-refractivity contribution in [2.75, 3.05) is 6.54 Å². The van der Waals surface area contributed by atoms with Crippen molar-refractivity contribution in [3.8, 4) is 0 Å². The molecular formula is C13H15BrN4O2. The van der Waals surface area contributed by atoms with Gasteiger partial charge in [0, 0.05) is 18.9 Å². The van der Waals surface area contributed by atoms with Crippen molar-refractivity contribution >= 4 is 27.5 Å². The quantitative estimate of drug-likeness (QED) is 0.867. The molecule has 0 aliphatic carbocycles. The highest BCUT2D eigenvalue weighted by molar-refractivity contribution is 9.10. The number of hydrogen-bond donors (Lipinski definition) is 1. The topological polar surface area (TPSA) is 70.7 Å².